The van der Waals surface area contributed by atoms with Gasteiger partial charge in [0.25, 0.3) is 0 Å². The topological polar surface area (TPSA) is 37.3 Å². The van der Waals surface area contributed by atoms with Gasteiger partial charge in [-0.15, -0.1) is 0 Å². The third-order valence-electron chi connectivity index (χ3n) is 6.32. The van der Waals surface area contributed by atoms with Gasteiger partial charge in [0.1, 0.15) is 0 Å². The molecule has 178 valence electrons. The molecule has 0 aromatic rings. The maximum absolute atomic E-state index is 11.5. The molecule has 1 unspecified atom stereocenters. The Morgan fingerprint density at radius 1 is 0.567 bits per heavy atom. The molecular formula is C28H54O2. The van der Waals surface area contributed by atoms with Gasteiger partial charge in [-0.05, 0) is 38.5 Å². The Labute approximate surface area is 189 Å². The molecule has 0 fully saturated rings. The van der Waals surface area contributed by atoms with Crippen LogP contribution in [0.4, 0.5) is 0 Å². The van der Waals surface area contributed by atoms with Crippen molar-refractivity contribution in [2.24, 2.45) is 5.92 Å². The number of hydrogen-bond donors (Lipinski definition) is 1. The third kappa shape index (κ3) is 21.9. The molecule has 0 aliphatic heterocycles. The van der Waals surface area contributed by atoms with Crippen molar-refractivity contribution >= 4 is 5.97 Å². The van der Waals surface area contributed by atoms with Gasteiger partial charge < -0.3 is 5.11 Å². The van der Waals surface area contributed by atoms with Crippen LogP contribution < -0.4 is 0 Å². The highest BCUT2D eigenvalue weighted by Gasteiger charge is 2.16. The van der Waals surface area contributed by atoms with Crippen LogP contribution in [0.15, 0.2) is 12.2 Å². The van der Waals surface area contributed by atoms with Crippen LogP contribution in [-0.4, -0.2) is 11.1 Å². The van der Waals surface area contributed by atoms with Gasteiger partial charge in [-0.2, -0.15) is 0 Å². The molecule has 0 heterocycles. The number of rotatable bonds is 24. The SMILES string of the molecule is CCCCCCCC/C=C\CCCCCCC(CCCCCCCCCC)C(=O)O. The van der Waals surface area contributed by atoms with Crippen LogP contribution >= 0.6 is 0 Å². The lowest BCUT2D eigenvalue weighted by atomic mass is 9.94. The molecule has 0 aromatic carbocycles. The summed E-state index contributed by atoms with van der Waals surface area (Å²) in [6.45, 7) is 4.52. The van der Waals surface area contributed by atoms with E-state index in [9.17, 15) is 9.90 Å². The molecule has 1 atom stereocenters. The van der Waals surface area contributed by atoms with Crippen molar-refractivity contribution in [3.63, 3.8) is 0 Å². The van der Waals surface area contributed by atoms with Crippen LogP contribution in [0.1, 0.15) is 155 Å². The van der Waals surface area contributed by atoms with Gasteiger partial charge in [0, 0.05) is 0 Å². The molecule has 2 heteroatoms. The fraction of sp³-hybridized carbons (Fsp3) is 0.893. The highest BCUT2D eigenvalue weighted by molar-refractivity contribution is 5.69. The van der Waals surface area contributed by atoms with Crippen molar-refractivity contribution in [3.8, 4) is 0 Å². The molecule has 0 aliphatic carbocycles. The Bertz CT molecular complexity index is 375. The monoisotopic (exact) mass is 422 g/mol. The zero-order valence-corrected chi connectivity index (χ0v) is 20.6. The number of carbonyl (C=O) groups is 1. The van der Waals surface area contributed by atoms with E-state index in [0.717, 1.165) is 25.7 Å². The van der Waals surface area contributed by atoms with E-state index >= 15 is 0 Å². The second kappa shape index (κ2) is 24.5. The normalized spacial score (nSPS) is 12.6. The summed E-state index contributed by atoms with van der Waals surface area (Å²) in [6, 6.07) is 0. The zero-order valence-electron chi connectivity index (χ0n) is 20.6. The molecule has 0 rings (SSSR count). The van der Waals surface area contributed by atoms with Crippen molar-refractivity contribution in [1.29, 1.82) is 0 Å². The highest BCUT2D eigenvalue weighted by atomic mass is 16.4. The summed E-state index contributed by atoms with van der Waals surface area (Å²) in [4.78, 5) is 11.5. The number of allylic oxidation sites excluding steroid dienone is 2. The van der Waals surface area contributed by atoms with Gasteiger partial charge in [0.05, 0.1) is 5.92 Å². The Kier molecular flexibility index (Phi) is 23.8. The first-order chi connectivity index (χ1) is 14.7. The van der Waals surface area contributed by atoms with Crippen LogP contribution in [0.25, 0.3) is 0 Å². The number of hydrogen-bond acceptors (Lipinski definition) is 1. The summed E-state index contributed by atoms with van der Waals surface area (Å²) in [5.41, 5.74) is 0. The maximum Gasteiger partial charge on any atom is 0.306 e. The van der Waals surface area contributed by atoms with Crippen LogP contribution in [0, 0.1) is 5.92 Å². The molecule has 30 heavy (non-hydrogen) atoms. The molecule has 0 aliphatic rings. The van der Waals surface area contributed by atoms with Gasteiger partial charge in [-0.3, -0.25) is 4.79 Å². The molecule has 0 amide bonds. The van der Waals surface area contributed by atoms with Crippen molar-refractivity contribution < 1.29 is 9.90 Å². The molecule has 0 saturated heterocycles. The van der Waals surface area contributed by atoms with Crippen molar-refractivity contribution in [1.82, 2.24) is 0 Å². The van der Waals surface area contributed by atoms with Crippen molar-refractivity contribution in [2.45, 2.75) is 155 Å². The molecule has 1 N–H and O–H groups in total. The van der Waals surface area contributed by atoms with Crippen LogP contribution in [-0.2, 0) is 4.79 Å². The summed E-state index contributed by atoms with van der Waals surface area (Å²) < 4.78 is 0. The zero-order chi connectivity index (χ0) is 22.1. The van der Waals surface area contributed by atoms with Gasteiger partial charge in [-0.1, -0.05) is 129 Å². The van der Waals surface area contributed by atoms with E-state index in [4.69, 9.17) is 0 Å². The Morgan fingerprint density at radius 2 is 0.900 bits per heavy atom. The number of unbranched alkanes of at least 4 members (excludes halogenated alkanes) is 17. The van der Waals surface area contributed by atoms with Crippen LogP contribution in [0.5, 0.6) is 0 Å². The lowest BCUT2D eigenvalue weighted by Gasteiger charge is -2.12. The van der Waals surface area contributed by atoms with Crippen molar-refractivity contribution in [2.75, 3.05) is 0 Å². The number of aliphatic carboxylic acids is 1. The molecular weight excluding hydrogens is 368 g/mol. The molecule has 0 bridgehead atoms. The number of carboxylic acid groups (broad SMARTS) is 1. The lowest BCUT2D eigenvalue weighted by molar-refractivity contribution is -0.142. The van der Waals surface area contributed by atoms with E-state index in [1.54, 1.807) is 0 Å². The Balaban J connectivity index is 3.48. The standard InChI is InChI=1S/C28H54O2/c1-3-5-7-9-11-13-14-15-16-17-18-20-22-24-26-27(28(29)30)25-23-21-19-12-10-8-6-4-2/h15-16,27H,3-14,17-26H2,1-2H3,(H,29,30)/b16-15-. The average Bonchev–Trinajstić information content (AvgIpc) is 2.74. The van der Waals surface area contributed by atoms with Gasteiger partial charge in [0.2, 0.25) is 0 Å². The smallest absolute Gasteiger partial charge is 0.306 e. The van der Waals surface area contributed by atoms with E-state index in [1.807, 2.05) is 0 Å². The first-order valence-corrected chi connectivity index (χ1v) is 13.6. The number of carboxylic acids is 1. The van der Waals surface area contributed by atoms with E-state index < -0.39 is 5.97 Å². The molecule has 0 saturated carbocycles. The van der Waals surface area contributed by atoms with Gasteiger partial charge in [-0.25, -0.2) is 0 Å². The van der Waals surface area contributed by atoms with Gasteiger partial charge >= 0.3 is 5.97 Å². The second-order valence-corrected chi connectivity index (χ2v) is 9.32. The fourth-order valence-electron chi connectivity index (χ4n) is 4.20. The maximum atomic E-state index is 11.5. The third-order valence-corrected chi connectivity index (χ3v) is 6.32. The molecule has 0 radical (unpaired) electrons. The van der Waals surface area contributed by atoms with Gasteiger partial charge in [0.15, 0.2) is 0 Å². The van der Waals surface area contributed by atoms with E-state index in [1.165, 1.54) is 116 Å². The first kappa shape index (κ1) is 29.2. The Hall–Kier alpha value is -0.790. The van der Waals surface area contributed by atoms with Crippen molar-refractivity contribution in [3.05, 3.63) is 12.2 Å². The fourth-order valence-corrected chi connectivity index (χ4v) is 4.20. The van der Waals surface area contributed by atoms with Crippen LogP contribution in [0.3, 0.4) is 0 Å². The summed E-state index contributed by atoms with van der Waals surface area (Å²) in [6.07, 6.45) is 32.2. The minimum Gasteiger partial charge on any atom is -0.481 e. The summed E-state index contributed by atoms with van der Waals surface area (Å²) in [7, 11) is 0. The predicted molar refractivity (Wildman–Crippen MR) is 133 cm³/mol. The molecule has 2 nitrogen and oxygen atoms in total. The highest BCUT2D eigenvalue weighted by Crippen LogP contribution is 2.19. The molecule has 0 aromatic heterocycles. The summed E-state index contributed by atoms with van der Waals surface area (Å²) in [5.74, 6) is -0.683. The minimum atomic E-state index is -0.574. The van der Waals surface area contributed by atoms with E-state index in [2.05, 4.69) is 26.0 Å². The first-order valence-electron chi connectivity index (χ1n) is 13.6. The predicted octanol–water partition coefficient (Wildman–Crippen LogP) is 9.87. The largest absolute Gasteiger partial charge is 0.481 e. The quantitative estimate of drug-likeness (QED) is 0.124. The summed E-state index contributed by atoms with van der Waals surface area (Å²) >= 11 is 0. The average molecular weight is 423 g/mol. The lowest BCUT2D eigenvalue weighted by Crippen LogP contribution is -2.13. The molecule has 0 spiro atoms. The van der Waals surface area contributed by atoms with E-state index in [-0.39, 0.29) is 5.92 Å². The minimum absolute atomic E-state index is 0.109. The second-order valence-electron chi connectivity index (χ2n) is 9.32. The van der Waals surface area contributed by atoms with Crippen LogP contribution in [0.2, 0.25) is 0 Å². The Morgan fingerprint density at radius 3 is 1.27 bits per heavy atom. The van der Waals surface area contributed by atoms with E-state index in [0.29, 0.717) is 0 Å². The summed E-state index contributed by atoms with van der Waals surface area (Å²) in [5, 5.41) is 9.47.